The van der Waals surface area contributed by atoms with E-state index >= 15 is 0 Å². The first-order valence-electron chi connectivity index (χ1n) is 13.8. The molecule has 0 saturated carbocycles. The highest BCUT2D eigenvalue weighted by atomic mass is 16.4. The van der Waals surface area contributed by atoms with Crippen molar-refractivity contribution in [3.05, 3.63) is 12.2 Å². The second kappa shape index (κ2) is 30.6. The minimum absolute atomic E-state index is 0.374. The van der Waals surface area contributed by atoms with Crippen LogP contribution in [0.5, 0.6) is 0 Å². The molecule has 0 rings (SSSR count). The largest absolute Gasteiger partial charge is 0.478 e. The summed E-state index contributed by atoms with van der Waals surface area (Å²) in [4.78, 5) is 19.1. The second-order valence-corrected chi connectivity index (χ2v) is 9.16. The maximum atomic E-state index is 9.55. The lowest BCUT2D eigenvalue weighted by Crippen LogP contribution is -1.91. The minimum Gasteiger partial charge on any atom is -0.478 e. The maximum absolute atomic E-state index is 9.55. The molecule has 0 heterocycles. The van der Waals surface area contributed by atoms with Crippen LogP contribution in [-0.4, -0.2) is 33.9 Å². The molecule has 0 fully saturated rings. The molecule has 0 aromatic rings. The van der Waals surface area contributed by atoms with Gasteiger partial charge >= 0.3 is 11.9 Å². The number of aliphatic carboxylic acids is 2. The molecular formula is C28H54O5. The van der Waals surface area contributed by atoms with Crippen molar-refractivity contribution in [2.45, 2.75) is 148 Å². The first-order chi connectivity index (χ1) is 16.0. The Kier molecular flexibility index (Phi) is 31.4. The number of carbonyl (C=O) groups is 2. The zero-order valence-electron chi connectivity index (χ0n) is 21.6. The average molecular weight is 471 g/mol. The molecule has 0 bridgehead atoms. The Morgan fingerprint density at radius 3 is 0.848 bits per heavy atom. The smallest absolute Gasteiger partial charge is 0.328 e. The number of carboxylic acid groups (broad SMARTS) is 2. The number of aliphatic hydroxyl groups is 1. The van der Waals surface area contributed by atoms with E-state index in [0.29, 0.717) is 18.8 Å². The predicted molar refractivity (Wildman–Crippen MR) is 139 cm³/mol. The summed E-state index contributed by atoms with van der Waals surface area (Å²) in [5.41, 5.74) is 0. The minimum atomic E-state index is -1.26. The van der Waals surface area contributed by atoms with Crippen LogP contribution in [0, 0.1) is 0 Å². The van der Waals surface area contributed by atoms with Crippen molar-refractivity contribution in [2.24, 2.45) is 0 Å². The van der Waals surface area contributed by atoms with Crippen LogP contribution in [0.2, 0.25) is 0 Å². The van der Waals surface area contributed by atoms with Gasteiger partial charge in [0, 0.05) is 18.8 Å². The molecule has 196 valence electrons. The second-order valence-electron chi connectivity index (χ2n) is 9.16. The van der Waals surface area contributed by atoms with Crippen molar-refractivity contribution in [3.8, 4) is 0 Å². The van der Waals surface area contributed by atoms with Gasteiger partial charge < -0.3 is 15.3 Å². The first-order valence-corrected chi connectivity index (χ1v) is 13.8. The third-order valence-corrected chi connectivity index (χ3v) is 5.88. The van der Waals surface area contributed by atoms with Crippen molar-refractivity contribution >= 4 is 11.9 Å². The summed E-state index contributed by atoms with van der Waals surface area (Å²) < 4.78 is 0. The van der Waals surface area contributed by atoms with Crippen LogP contribution >= 0.6 is 0 Å². The van der Waals surface area contributed by atoms with E-state index in [1.54, 1.807) is 0 Å². The molecule has 0 radical (unpaired) electrons. The van der Waals surface area contributed by atoms with Crippen molar-refractivity contribution in [3.63, 3.8) is 0 Å². The van der Waals surface area contributed by atoms with E-state index < -0.39 is 11.9 Å². The third kappa shape index (κ3) is 38.2. The van der Waals surface area contributed by atoms with Gasteiger partial charge in [-0.1, -0.05) is 142 Å². The molecular weight excluding hydrogens is 416 g/mol. The van der Waals surface area contributed by atoms with E-state index in [1.165, 1.54) is 135 Å². The summed E-state index contributed by atoms with van der Waals surface area (Å²) in [5, 5.41) is 24.3. The normalized spacial score (nSPS) is 10.8. The molecule has 33 heavy (non-hydrogen) atoms. The van der Waals surface area contributed by atoms with Crippen molar-refractivity contribution in [2.75, 3.05) is 6.61 Å². The average Bonchev–Trinajstić information content (AvgIpc) is 2.79. The quantitative estimate of drug-likeness (QED) is 0.0974. The summed E-state index contributed by atoms with van der Waals surface area (Å²) >= 11 is 0. The lowest BCUT2D eigenvalue weighted by atomic mass is 10.0. The Hall–Kier alpha value is -1.36. The Labute approximate surface area is 204 Å². The van der Waals surface area contributed by atoms with Gasteiger partial charge in [-0.2, -0.15) is 0 Å². The SMILES string of the molecule is CCCCCCCCCCCCCCCCCCCCCCCCO.O=C(O)/C=C\C(=O)O. The molecule has 3 N–H and O–H groups in total. The molecule has 0 aliphatic heterocycles. The van der Waals surface area contributed by atoms with Crippen LogP contribution in [0.3, 0.4) is 0 Å². The molecule has 0 spiro atoms. The molecule has 0 unspecified atom stereocenters. The Balaban J connectivity index is 0. The van der Waals surface area contributed by atoms with E-state index in [9.17, 15) is 9.59 Å². The third-order valence-electron chi connectivity index (χ3n) is 5.88. The lowest BCUT2D eigenvalue weighted by molar-refractivity contribution is -0.134. The van der Waals surface area contributed by atoms with Gasteiger partial charge in [-0.05, 0) is 6.42 Å². The zero-order valence-corrected chi connectivity index (χ0v) is 21.6. The van der Waals surface area contributed by atoms with Gasteiger partial charge in [0.15, 0.2) is 0 Å². The Morgan fingerprint density at radius 1 is 0.455 bits per heavy atom. The van der Waals surface area contributed by atoms with Crippen LogP contribution in [-0.2, 0) is 9.59 Å². The number of unbranched alkanes of at least 4 members (excludes halogenated alkanes) is 21. The standard InChI is InChI=1S/C24H50O.C4H4O4/c1-2-3-4-5-6-7-8-9-10-11-12-13-14-15-16-17-18-19-20-21-22-23-24-25;5-3(6)1-2-4(7)8/h25H,2-24H2,1H3;1-2H,(H,5,6)(H,7,8)/b;2-1-. The lowest BCUT2D eigenvalue weighted by Gasteiger charge is -2.04. The fourth-order valence-corrected chi connectivity index (χ4v) is 3.86. The van der Waals surface area contributed by atoms with Gasteiger partial charge in [0.25, 0.3) is 0 Å². The fraction of sp³-hybridized carbons (Fsp3) is 0.857. The molecule has 0 amide bonds. The topological polar surface area (TPSA) is 94.8 Å². The Bertz CT molecular complexity index is 396. The molecule has 0 aromatic carbocycles. The highest BCUT2D eigenvalue weighted by Gasteiger charge is 1.95. The number of aliphatic hydroxyl groups excluding tert-OH is 1. The highest BCUT2D eigenvalue weighted by Crippen LogP contribution is 2.15. The molecule has 0 aliphatic rings. The zero-order chi connectivity index (χ0) is 24.8. The summed E-state index contributed by atoms with van der Waals surface area (Å²) in [6.45, 7) is 2.67. The Morgan fingerprint density at radius 2 is 0.667 bits per heavy atom. The van der Waals surface area contributed by atoms with Gasteiger partial charge in [0.05, 0.1) is 0 Å². The summed E-state index contributed by atoms with van der Waals surface area (Å²) in [5.74, 6) is -2.51. The monoisotopic (exact) mass is 470 g/mol. The van der Waals surface area contributed by atoms with Gasteiger partial charge in [-0.25, -0.2) is 9.59 Å². The predicted octanol–water partition coefficient (Wildman–Crippen LogP) is 8.29. The molecule has 0 aromatic heterocycles. The van der Waals surface area contributed by atoms with Gasteiger partial charge in [0.1, 0.15) is 0 Å². The maximum Gasteiger partial charge on any atom is 0.328 e. The molecule has 5 nitrogen and oxygen atoms in total. The molecule has 0 saturated heterocycles. The van der Waals surface area contributed by atoms with E-state index in [-0.39, 0.29) is 0 Å². The molecule has 5 heteroatoms. The van der Waals surface area contributed by atoms with Crippen LogP contribution in [0.4, 0.5) is 0 Å². The van der Waals surface area contributed by atoms with E-state index in [1.807, 2.05) is 0 Å². The van der Waals surface area contributed by atoms with Crippen LogP contribution in [0.25, 0.3) is 0 Å². The van der Waals surface area contributed by atoms with Crippen molar-refractivity contribution in [1.82, 2.24) is 0 Å². The van der Waals surface area contributed by atoms with Gasteiger partial charge in [0.2, 0.25) is 0 Å². The molecule has 0 aliphatic carbocycles. The highest BCUT2D eigenvalue weighted by molar-refractivity contribution is 5.89. The van der Waals surface area contributed by atoms with Crippen LogP contribution in [0.15, 0.2) is 12.2 Å². The van der Waals surface area contributed by atoms with Crippen LogP contribution < -0.4 is 0 Å². The number of hydrogen-bond donors (Lipinski definition) is 3. The number of hydrogen-bond acceptors (Lipinski definition) is 3. The van der Waals surface area contributed by atoms with E-state index in [4.69, 9.17) is 15.3 Å². The summed E-state index contributed by atoms with van der Waals surface area (Å²) in [7, 11) is 0. The van der Waals surface area contributed by atoms with Crippen molar-refractivity contribution in [1.29, 1.82) is 0 Å². The molecule has 0 atom stereocenters. The number of carboxylic acids is 2. The van der Waals surface area contributed by atoms with Crippen LogP contribution in [0.1, 0.15) is 148 Å². The number of rotatable bonds is 24. The summed E-state index contributed by atoms with van der Waals surface area (Å²) in [6, 6.07) is 0. The summed E-state index contributed by atoms with van der Waals surface area (Å²) in [6.07, 6.45) is 32.2. The first kappa shape index (κ1) is 33.8. The van der Waals surface area contributed by atoms with Gasteiger partial charge in [-0.15, -0.1) is 0 Å². The van der Waals surface area contributed by atoms with E-state index in [0.717, 1.165) is 6.42 Å². The van der Waals surface area contributed by atoms with Gasteiger partial charge in [-0.3, -0.25) is 0 Å². The fourth-order valence-electron chi connectivity index (χ4n) is 3.86. The van der Waals surface area contributed by atoms with Crippen molar-refractivity contribution < 1.29 is 24.9 Å². The van der Waals surface area contributed by atoms with E-state index in [2.05, 4.69) is 6.92 Å².